The van der Waals surface area contributed by atoms with Gasteiger partial charge in [-0.15, -0.1) is 35.3 Å². The summed E-state index contributed by atoms with van der Waals surface area (Å²) in [7, 11) is 1.01. The first kappa shape index (κ1) is 22.6. The molecule has 0 spiro atoms. The van der Waals surface area contributed by atoms with Crippen molar-refractivity contribution in [3.05, 3.63) is 51.1 Å². The molecule has 1 heterocycles. The number of rotatable bonds is 7. The number of guanidine groups is 1. The van der Waals surface area contributed by atoms with Gasteiger partial charge in [-0.1, -0.05) is 18.2 Å². The molecule has 0 saturated carbocycles. The van der Waals surface area contributed by atoms with E-state index in [4.69, 9.17) is 0 Å². The van der Waals surface area contributed by atoms with Crippen molar-refractivity contribution in [2.24, 2.45) is 4.99 Å². The van der Waals surface area contributed by atoms with Gasteiger partial charge in [-0.2, -0.15) is 0 Å². The van der Waals surface area contributed by atoms with Gasteiger partial charge in [0.15, 0.2) is 5.96 Å². The van der Waals surface area contributed by atoms with Crippen molar-refractivity contribution in [3.8, 4) is 0 Å². The van der Waals surface area contributed by atoms with Crippen molar-refractivity contribution in [2.45, 2.75) is 18.4 Å². The number of hydrogen-bond donors (Lipinski definition) is 1. The molecule has 1 aromatic carbocycles. The molecule has 0 radical (unpaired) electrons. The van der Waals surface area contributed by atoms with Crippen LogP contribution in [0.3, 0.4) is 0 Å². The first-order chi connectivity index (χ1) is 11.6. The molecule has 2 aromatic rings. The zero-order valence-electron chi connectivity index (χ0n) is 14.3. The van der Waals surface area contributed by atoms with E-state index >= 15 is 0 Å². The van der Waals surface area contributed by atoms with Crippen molar-refractivity contribution < 1.29 is 4.21 Å². The Labute approximate surface area is 181 Å². The number of aliphatic imine (C=N–C) groups is 1. The summed E-state index contributed by atoms with van der Waals surface area (Å²) in [5, 5.41) is 3.29. The minimum Gasteiger partial charge on any atom is -0.357 e. The van der Waals surface area contributed by atoms with Crippen molar-refractivity contribution in [2.75, 3.05) is 25.9 Å². The molecule has 1 N–H and O–H groups in total. The minimum atomic E-state index is -1.01. The van der Waals surface area contributed by atoms with E-state index < -0.39 is 10.8 Å². The van der Waals surface area contributed by atoms with Crippen LogP contribution in [0.5, 0.6) is 0 Å². The fourth-order valence-electron chi connectivity index (χ4n) is 2.14. The number of benzene rings is 1. The number of nitrogens with one attached hydrogen (secondary N) is 1. The summed E-state index contributed by atoms with van der Waals surface area (Å²) in [6, 6.07) is 13.7. The third-order valence-corrected chi connectivity index (χ3v) is 6.22. The number of hydrogen-bond acceptors (Lipinski definition) is 3. The van der Waals surface area contributed by atoms with Crippen LogP contribution in [0.2, 0.25) is 0 Å². The highest BCUT2D eigenvalue weighted by molar-refractivity contribution is 14.0. The van der Waals surface area contributed by atoms with E-state index in [0.29, 0.717) is 12.3 Å². The molecule has 1 atom stereocenters. The summed E-state index contributed by atoms with van der Waals surface area (Å²) in [6.07, 6.45) is 0. The first-order valence-corrected chi connectivity index (χ1v) is 10.7. The fraction of sp³-hybridized carbons (Fsp3) is 0.353. The molecule has 0 aliphatic carbocycles. The molecule has 1 unspecified atom stereocenters. The fourth-order valence-corrected chi connectivity index (χ4v) is 4.63. The van der Waals surface area contributed by atoms with Crippen LogP contribution < -0.4 is 5.32 Å². The second kappa shape index (κ2) is 12.0. The summed E-state index contributed by atoms with van der Waals surface area (Å²) >= 11 is 5.21. The Morgan fingerprint density at radius 1 is 1.28 bits per heavy atom. The van der Waals surface area contributed by atoms with Crippen LogP contribution in [0, 0.1) is 0 Å². The summed E-state index contributed by atoms with van der Waals surface area (Å²) in [5.74, 6) is 1.36. The van der Waals surface area contributed by atoms with Crippen LogP contribution in [0.15, 0.2) is 56.1 Å². The van der Waals surface area contributed by atoms with Crippen LogP contribution in [-0.2, 0) is 17.3 Å². The van der Waals surface area contributed by atoms with Gasteiger partial charge in [-0.05, 0) is 47.1 Å². The molecule has 1 aromatic heterocycles. The molecular formula is C17H23BrIN3OS2. The van der Waals surface area contributed by atoms with Gasteiger partial charge in [-0.25, -0.2) is 0 Å². The average Bonchev–Trinajstić information content (AvgIpc) is 2.99. The SMILES string of the molecule is CCNC(=NCCS(=O)c1ccccc1)N(C)Cc1ccc(Br)s1.I. The van der Waals surface area contributed by atoms with Crippen LogP contribution in [0.4, 0.5) is 0 Å². The number of nitrogens with zero attached hydrogens (tertiary/aromatic N) is 2. The monoisotopic (exact) mass is 555 g/mol. The minimum absolute atomic E-state index is 0. The maximum absolute atomic E-state index is 12.3. The first-order valence-electron chi connectivity index (χ1n) is 7.77. The third kappa shape index (κ3) is 7.76. The topological polar surface area (TPSA) is 44.7 Å². The van der Waals surface area contributed by atoms with E-state index in [9.17, 15) is 4.21 Å². The quantitative estimate of drug-likeness (QED) is 0.314. The van der Waals surface area contributed by atoms with E-state index in [0.717, 1.165) is 27.7 Å². The van der Waals surface area contributed by atoms with Crippen LogP contribution >= 0.6 is 51.2 Å². The average molecular weight is 556 g/mol. The van der Waals surface area contributed by atoms with Gasteiger partial charge in [0.05, 0.1) is 27.7 Å². The van der Waals surface area contributed by atoms with E-state index in [1.54, 1.807) is 11.3 Å². The van der Waals surface area contributed by atoms with E-state index in [-0.39, 0.29) is 24.0 Å². The molecule has 0 bridgehead atoms. The van der Waals surface area contributed by atoms with Crippen LogP contribution in [0.25, 0.3) is 0 Å². The van der Waals surface area contributed by atoms with Crippen molar-refractivity contribution in [3.63, 3.8) is 0 Å². The predicted octanol–water partition coefficient (Wildman–Crippen LogP) is 4.33. The molecule has 25 heavy (non-hydrogen) atoms. The second-order valence-electron chi connectivity index (χ2n) is 5.16. The summed E-state index contributed by atoms with van der Waals surface area (Å²) in [6.45, 7) is 4.18. The molecule has 8 heteroatoms. The molecule has 2 rings (SSSR count). The normalized spacial score (nSPS) is 12.4. The molecule has 138 valence electrons. The second-order valence-corrected chi connectivity index (χ2v) is 9.28. The Hall–Kier alpha value is -0.450. The van der Waals surface area contributed by atoms with Gasteiger partial charge in [0.25, 0.3) is 0 Å². The lowest BCUT2D eigenvalue weighted by Gasteiger charge is -2.21. The molecule has 0 fully saturated rings. The number of halogens is 2. The molecule has 0 amide bonds. The largest absolute Gasteiger partial charge is 0.357 e. The Bertz CT molecular complexity index is 694. The lowest BCUT2D eigenvalue weighted by atomic mass is 10.4. The molecule has 4 nitrogen and oxygen atoms in total. The lowest BCUT2D eigenvalue weighted by molar-refractivity contribution is 0.482. The number of thiophene rings is 1. The highest BCUT2D eigenvalue weighted by Crippen LogP contribution is 2.22. The highest BCUT2D eigenvalue weighted by Gasteiger charge is 2.09. The van der Waals surface area contributed by atoms with Gasteiger partial charge in [0, 0.05) is 29.1 Å². The summed E-state index contributed by atoms with van der Waals surface area (Å²) < 4.78 is 13.4. The smallest absolute Gasteiger partial charge is 0.194 e. The van der Waals surface area contributed by atoms with E-state index in [1.165, 1.54) is 4.88 Å². The van der Waals surface area contributed by atoms with Gasteiger partial charge in [0.2, 0.25) is 0 Å². The lowest BCUT2D eigenvalue weighted by Crippen LogP contribution is -2.38. The van der Waals surface area contributed by atoms with Gasteiger partial charge in [-0.3, -0.25) is 9.20 Å². The van der Waals surface area contributed by atoms with Crippen molar-refractivity contribution in [1.29, 1.82) is 0 Å². The Balaban J connectivity index is 0.00000312. The molecular weight excluding hydrogens is 533 g/mol. The zero-order chi connectivity index (χ0) is 17.4. The molecule has 0 aliphatic heterocycles. The van der Waals surface area contributed by atoms with Crippen molar-refractivity contribution >= 4 is 68.0 Å². The van der Waals surface area contributed by atoms with Crippen molar-refractivity contribution in [1.82, 2.24) is 10.2 Å². The van der Waals surface area contributed by atoms with Gasteiger partial charge < -0.3 is 10.2 Å². The zero-order valence-corrected chi connectivity index (χ0v) is 19.8. The van der Waals surface area contributed by atoms with Crippen LogP contribution in [-0.4, -0.2) is 41.0 Å². The third-order valence-electron chi connectivity index (χ3n) is 3.26. The predicted molar refractivity (Wildman–Crippen MR) is 123 cm³/mol. The van der Waals surface area contributed by atoms with Crippen LogP contribution in [0.1, 0.15) is 11.8 Å². The maximum Gasteiger partial charge on any atom is 0.194 e. The summed E-state index contributed by atoms with van der Waals surface area (Å²) in [5.41, 5.74) is 0. The Kier molecular flexibility index (Phi) is 10.9. The Morgan fingerprint density at radius 3 is 2.60 bits per heavy atom. The van der Waals surface area contributed by atoms with E-state index in [2.05, 4.69) is 43.3 Å². The standard InChI is InChI=1S/C17H22BrN3OS2.HI/c1-3-19-17(21(2)13-14-9-10-16(18)23-14)20-11-12-24(22)15-7-5-4-6-8-15;/h4-10H,3,11-13H2,1-2H3,(H,19,20);1H. The molecule has 0 saturated heterocycles. The maximum atomic E-state index is 12.3. The summed E-state index contributed by atoms with van der Waals surface area (Å²) in [4.78, 5) is 8.83. The molecule has 0 aliphatic rings. The van der Waals surface area contributed by atoms with Gasteiger partial charge in [0.1, 0.15) is 0 Å². The van der Waals surface area contributed by atoms with E-state index in [1.807, 2.05) is 44.3 Å². The van der Waals surface area contributed by atoms with Gasteiger partial charge >= 0.3 is 0 Å². The highest BCUT2D eigenvalue weighted by atomic mass is 127. The Morgan fingerprint density at radius 2 is 2.00 bits per heavy atom.